The highest BCUT2D eigenvalue weighted by Gasteiger charge is 2.32. The van der Waals surface area contributed by atoms with Crippen LogP contribution in [0, 0.1) is 5.92 Å². The molecular weight excluding hydrogens is 158 g/mol. The molecule has 0 aromatic carbocycles. The van der Waals surface area contributed by atoms with Gasteiger partial charge in [0, 0.05) is 6.04 Å². The van der Waals surface area contributed by atoms with E-state index in [1.807, 2.05) is 6.92 Å². The molecule has 68 valence electrons. The van der Waals surface area contributed by atoms with Gasteiger partial charge in [-0.15, -0.1) is 0 Å². The van der Waals surface area contributed by atoms with Gasteiger partial charge in [-0.3, -0.25) is 9.59 Å². The van der Waals surface area contributed by atoms with E-state index in [1.165, 1.54) is 7.11 Å². The van der Waals surface area contributed by atoms with Crippen molar-refractivity contribution < 1.29 is 14.3 Å². The van der Waals surface area contributed by atoms with Crippen LogP contribution in [0.2, 0.25) is 0 Å². The van der Waals surface area contributed by atoms with E-state index in [0.717, 1.165) is 6.42 Å². The first-order valence-corrected chi connectivity index (χ1v) is 4.03. The normalized spacial score (nSPS) is 29.3. The first-order valence-electron chi connectivity index (χ1n) is 4.03. The largest absolute Gasteiger partial charge is 0.468 e. The van der Waals surface area contributed by atoms with Gasteiger partial charge < -0.3 is 10.1 Å². The molecular formula is C8H13NO3. The molecule has 0 spiro atoms. The molecule has 1 N–H and O–H groups in total. The molecule has 0 aromatic heterocycles. The van der Waals surface area contributed by atoms with E-state index in [2.05, 4.69) is 10.1 Å². The van der Waals surface area contributed by atoms with E-state index < -0.39 is 11.9 Å². The zero-order chi connectivity index (χ0) is 9.14. The van der Waals surface area contributed by atoms with Crippen molar-refractivity contribution in [1.29, 1.82) is 0 Å². The number of methoxy groups -OCH3 is 1. The molecule has 0 saturated carbocycles. The Hall–Kier alpha value is -1.06. The van der Waals surface area contributed by atoms with Gasteiger partial charge in [0.1, 0.15) is 5.92 Å². The summed E-state index contributed by atoms with van der Waals surface area (Å²) < 4.78 is 4.50. The predicted molar refractivity (Wildman–Crippen MR) is 42.3 cm³/mol. The summed E-state index contributed by atoms with van der Waals surface area (Å²) in [7, 11) is 1.30. The molecule has 0 aromatic rings. The summed E-state index contributed by atoms with van der Waals surface area (Å²) in [5, 5.41) is 2.70. The summed E-state index contributed by atoms with van der Waals surface area (Å²) in [6.45, 7) is 1.92. The quantitative estimate of drug-likeness (QED) is 0.449. The Morgan fingerprint density at radius 1 is 1.58 bits per heavy atom. The highest BCUT2D eigenvalue weighted by molar-refractivity contribution is 5.98. The minimum Gasteiger partial charge on any atom is -0.468 e. The van der Waals surface area contributed by atoms with Crippen LogP contribution in [0.15, 0.2) is 0 Å². The topological polar surface area (TPSA) is 55.4 Å². The number of carbonyl (C=O) groups is 2. The van der Waals surface area contributed by atoms with Crippen LogP contribution in [-0.2, 0) is 14.3 Å². The summed E-state index contributed by atoms with van der Waals surface area (Å²) in [4.78, 5) is 22.2. The van der Waals surface area contributed by atoms with Gasteiger partial charge >= 0.3 is 5.97 Å². The average molecular weight is 171 g/mol. The number of ether oxygens (including phenoxy) is 1. The molecule has 0 bridgehead atoms. The molecule has 1 amide bonds. The number of carbonyl (C=O) groups excluding carboxylic acids is 2. The van der Waals surface area contributed by atoms with Gasteiger partial charge in [-0.2, -0.15) is 0 Å². The van der Waals surface area contributed by atoms with Crippen molar-refractivity contribution in [2.75, 3.05) is 7.11 Å². The molecule has 4 nitrogen and oxygen atoms in total. The second kappa shape index (κ2) is 3.56. The number of hydrogen-bond donors (Lipinski definition) is 1. The third kappa shape index (κ3) is 1.75. The molecule has 1 rings (SSSR count). The van der Waals surface area contributed by atoms with Gasteiger partial charge in [0.2, 0.25) is 5.91 Å². The van der Waals surface area contributed by atoms with Crippen LogP contribution < -0.4 is 5.32 Å². The summed E-state index contributed by atoms with van der Waals surface area (Å²) >= 11 is 0. The highest BCUT2D eigenvalue weighted by Crippen LogP contribution is 2.16. The van der Waals surface area contributed by atoms with Gasteiger partial charge in [-0.1, -0.05) is 0 Å². The summed E-state index contributed by atoms with van der Waals surface area (Å²) in [6.07, 6.45) is 1.44. The van der Waals surface area contributed by atoms with Crippen molar-refractivity contribution in [3.05, 3.63) is 0 Å². The first-order chi connectivity index (χ1) is 5.65. The van der Waals surface area contributed by atoms with Gasteiger partial charge in [-0.25, -0.2) is 0 Å². The van der Waals surface area contributed by atoms with Gasteiger partial charge in [0.15, 0.2) is 0 Å². The van der Waals surface area contributed by atoms with Gasteiger partial charge in [0.05, 0.1) is 7.11 Å². The monoisotopic (exact) mass is 171 g/mol. The van der Waals surface area contributed by atoms with Crippen molar-refractivity contribution in [2.24, 2.45) is 5.92 Å². The fourth-order valence-corrected chi connectivity index (χ4v) is 1.33. The summed E-state index contributed by atoms with van der Waals surface area (Å²) in [5.74, 6) is -1.23. The second-order valence-electron chi connectivity index (χ2n) is 3.06. The van der Waals surface area contributed by atoms with Crippen LogP contribution in [0.25, 0.3) is 0 Å². The summed E-state index contributed by atoms with van der Waals surface area (Å²) in [6, 6.07) is 0.179. The fourth-order valence-electron chi connectivity index (χ4n) is 1.33. The molecule has 0 radical (unpaired) electrons. The lowest BCUT2D eigenvalue weighted by Crippen LogP contribution is -2.45. The maximum absolute atomic E-state index is 11.2. The van der Waals surface area contributed by atoms with Crippen LogP contribution >= 0.6 is 0 Å². The van der Waals surface area contributed by atoms with Crippen molar-refractivity contribution in [3.8, 4) is 0 Å². The van der Waals surface area contributed by atoms with E-state index >= 15 is 0 Å². The van der Waals surface area contributed by atoms with E-state index in [0.29, 0.717) is 6.42 Å². The van der Waals surface area contributed by atoms with Crippen LogP contribution in [-0.4, -0.2) is 25.0 Å². The van der Waals surface area contributed by atoms with Crippen LogP contribution in [0.3, 0.4) is 0 Å². The number of esters is 1. The Kier molecular flexibility index (Phi) is 2.68. The lowest BCUT2D eigenvalue weighted by molar-refractivity contribution is -0.151. The van der Waals surface area contributed by atoms with Gasteiger partial charge in [-0.05, 0) is 19.8 Å². The predicted octanol–water partition coefficient (Wildman–Crippen LogP) is 0.0741. The Balaban J connectivity index is 2.56. The SMILES string of the molecule is COC(=O)[C@@H]1CC[C@@H](C)NC1=O. The third-order valence-electron chi connectivity index (χ3n) is 2.08. The van der Waals surface area contributed by atoms with Crippen molar-refractivity contribution in [2.45, 2.75) is 25.8 Å². The smallest absolute Gasteiger partial charge is 0.318 e. The Labute approximate surface area is 71.3 Å². The third-order valence-corrected chi connectivity index (χ3v) is 2.08. The number of piperidine rings is 1. The molecule has 4 heteroatoms. The lowest BCUT2D eigenvalue weighted by Gasteiger charge is -2.24. The minimum absolute atomic E-state index is 0.179. The molecule has 1 aliphatic heterocycles. The molecule has 1 fully saturated rings. The molecule has 0 unspecified atom stereocenters. The lowest BCUT2D eigenvalue weighted by atomic mass is 9.95. The second-order valence-corrected chi connectivity index (χ2v) is 3.06. The standard InChI is InChI=1S/C8H13NO3/c1-5-3-4-6(7(10)9-5)8(11)12-2/h5-6H,3-4H2,1-2H3,(H,9,10)/t5-,6-/m1/s1. The molecule has 1 heterocycles. The zero-order valence-electron chi connectivity index (χ0n) is 7.29. The highest BCUT2D eigenvalue weighted by atomic mass is 16.5. The number of amides is 1. The fraction of sp³-hybridized carbons (Fsp3) is 0.750. The van der Waals surface area contributed by atoms with Crippen molar-refractivity contribution in [3.63, 3.8) is 0 Å². The van der Waals surface area contributed by atoms with E-state index in [-0.39, 0.29) is 11.9 Å². The first kappa shape index (κ1) is 9.03. The summed E-state index contributed by atoms with van der Waals surface area (Å²) in [5.41, 5.74) is 0. The molecule has 1 aliphatic rings. The van der Waals surface area contributed by atoms with Gasteiger partial charge in [0.25, 0.3) is 0 Å². The van der Waals surface area contributed by atoms with E-state index in [4.69, 9.17) is 0 Å². The van der Waals surface area contributed by atoms with Crippen LogP contribution in [0.5, 0.6) is 0 Å². The molecule has 1 saturated heterocycles. The molecule has 2 atom stereocenters. The number of nitrogens with one attached hydrogen (secondary N) is 1. The number of hydrogen-bond acceptors (Lipinski definition) is 3. The molecule has 0 aliphatic carbocycles. The zero-order valence-corrected chi connectivity index (χ0v) is 7.29. The Morgan fingerprint density at radius 2 is 2.25 bits per heavy atom. The Morgan fingerprint density at radius 3 is 2.75 bits per heavy atom. The Bertz CT molecular complexity index is 202. The molecule has 12 heavy (non-hydrogen) atoms. The van der Waals surface area contributed by atoms with E-state index in [1.54, 1.807) is 0 Å². The minimum atomic E-state index is -0.591. The van der Waals surface area contributed by atoms with Crippen molar-refractivity contribution in [1.82, 2.24) is 5.32 Å². The van der Waals surface area contributed by atoms with E-state index in [9.17, 15) is 9.59 Å². The number of rotatable bonds is 1. The van der Waals surface area contributed by atoms with Crippen LogP contribution in [0.4, 0.5) is 0 Å². The maximum Gasteiger partial charge on any atom is 0.318 e. The van der Waals surface area contributed by atoms with Crippen LogP contribution in [0.1, 0.15) is 19.8 Å². The average Bonchev–Trinajstić information content (AvgIpc) is 2.03. The van der Waals surface area contributed by atoms with Crippen molar-refractivity contribution >= 4 is 11.9 Å². The maximum atomic E-state index is 11.2.